The zero-order chi connectivity index (χ0) is 30.7. The number of allylic oxidation sites excluding steroid dienone is 2. The summed E-state index contributed by atoms with van der Waals surface area (Å²) in [7, 11) is 0. The maximum Gasteiger partial charge on any atom is 0.346 e. The van der Waals surface area contributed by atoms with Gasteiger partial charge in [-0.1, -0.05) is 101 Å². The second kappa shape index (κ2) is 19.6. The summed E-state index contributed by atoms with van der Waals surface area (Å²) in [5.41, 5.74) is 1.17. The molecule has 6 heteroatoms. The second-order valence-corrected chi connectivity index (χ2v) is 10.9. The Morgan fingerprint density at radius 1 is 0.605 bits per heavy atom. The number of hydrogen-bond acceptors (Lipinski definition) is 3. The van der Waals surface area contributed by atoms with E-state index < -0.39 is 29.0 Å². The number of carbonyl (C=O) groups excluding carboxylic acids is 1. The number of ether oxygens (including phenoxy) is 2. The number of unbranched alkanes of at least 4 members (excludes halogenated alkanes) is 12. The summed E-state index contributed by atoms with van der Waals surface area (Å²) >= 11 is 0. The maximum absolute atomic E-state index is 13.9. The third-order valence-electron chi connectivity index (χ3n) is 7.43. The number of esters is 1. The summed E-state index contributed by atoms with van der Waals surface area (Å²) in [5.74, 6) is -4.78. The van der Waals surface area contributed by atoms with Crippen LogP contribution >= 0.6 is 0 Å². The lowest BCUT2D eigenvalue weighted by Gasteiger charge is -2.09. The Hall–Kier alpha value is -3.54. The van der Waals surface area contributed by atoms with Gasteiger partial charge >= 0.3 is 5.97 Å². The van der Waals surface area contributed by atoms with Crippen LogP contribution in [-0.4, -0.2) is 12.6 Å². The SMILES string of the molecule is CCCCCCCC/C=C\CCCCCCCCOc1ccc(-c2ccc(OC(=O)c3ccc(F)c(F)c3F)cc2)cc1. The van der Waals surface area contributed by atoms with E-state index in [1.54, 1.807) is 24.3 Å². The number of carbonyl (C=O) groups is 1. The minimum Gasteiger partial charge on any atom is -0.494 e. The van der Waals surface area contributed by atoms with E-state index in [-0.39, 0.29) is 5.75 Å². The minimum atomic E-state index is -1.71. The topological polar surface area (TPSA) is 35.5 Å². The van der Waals surface area contributed by atoms with Crippen LogP contribution in [0, 0.1) is 17.5 Å². The van der Waals surface area contributed by atoms with Gasteiger partial charge in [-0.05, 0) is 79.6 Å². The van der Waals surface area contributed by atoms with Crippen molar-refractivity contribution in [2.45, 2.75) is 96.8 Å². The van der Waals surface area contributed by atoms with E-state index >= 15 is 0 Å². The molecule has 0 atom stereocenters. The molecule has 0 unspecified atom stereocenters. The summed E-state index contributed by atoms with van der Waals surface area (Å²) in [6.45, 7) is 2.95. The molecule has 0 saturated heterocycles. The molecule has 0 aliphatic heterocycles. The molecule has 3 nitrogen and oxygen atoms in total. The van der Waals surface area contributed by atoms with E-state index in [0.717, 1.165) is 29.4 Å². The Kier molecular flexibility index (Phi) is 15.5. The highest BCUT2D eigenvalue weighted by Gasteiger charge is 2.20. The first-order chi connectivity index (χ1) is 21.0. The van der Waals surface area contributed by atoms with Crippen LogP contribution in [0.5, 0.6) is 11.5 Å². The molecule has 0 fully saturated rings. The van der Waals surface area contributed by atoms with Crippen molar-refractivity contribution in [2.24, 2.45) is 0 Å². The van der Waals surface area contributed by atoms with Gasteiger partial charge in [0.2, 0.25) is 0 Å². The van der Waals surface area contributed by atoms with E-state index in [4.69, 9.17) is 9.47 Å². The average molecular weight is 595 g/mol. The van der Waals surface area contributed by atoms with E-state index in [0.29, 0.717) is 12.7 Å². The highest BCUT2D eigenvalue weighted by Crippen LogP contribution is 2.26. The molecule has 0 aliphatic rings. The van der Waals surface area contributed by atoms with Gasteiger partial charge in [0.15, 0.2) is 17.5 Å². The first kappa shape index (κ1) is 34.0. The number of halogens is 3. The van der Waals surface area contributed by atoms with E-state index in [1.165, 1.54) is 83.5 Å². The van der Waals surface area contributed by atoms with Crippen LogP contribution in [0.2, 0.25) is 0 Å². The van der Waals surface area contributed by atoms with Gasteiger partial charge < -0.3 is 9.47 Å². The molecule has 3 rings (SSSR count). The van der Waals surface area contributed by atoms with Crippen molar-refractivity contribution in [3.05, 3.63) is 95.8 Å². The standard InChI is InChI=1S/C37H45F3O3/c1-2-3-4-5-6-7-8-9-10-11-12-13-14-15-16-17-28-42-31-22-18-29(19-23-31)30-20-24-32(25-21-30)43-37(41)33-26-27-34(38)36(40)35(33)39/h9-10,18-27H,2-8,11-17,28H2,1H3/b10-9-. The first-order valence-electron chi connectivity index (χ1n) is 15.8. The van der Waals surface area contributed by atoms with Crippen LogP contribution in [0.3, 0.4) is 0 Å². The van der Waals surface area contributed by atoms with Gasteiger partial charge in [0, 0.05) is 0 Å². The van der Waals surface area contributed by atoms with Crippen molar-refractivity contribution in [3.8, 4) is 22.6 Å². The van der Waals surface area contributed by atoms with Crippen molar-refractivity contribution in [3.63, 3.8) is 0 Å². The van der Waals surface area contributed by atoms with E-state index in [1.807, 2.05) is 24.3 Å². The van der Waals surface area contributed by atoms with Crippen LogP contribution in [0.4, 0.5) is 13.2 Å². The van der Waals surface area contributed by atoms with Gasteiger partial charge in [-0.3, -0.25) is 0 Å². The fourth-order valence-corrected chi connectivity index (χ4v) is 4.84. The molecule has 0 aromatic heterocycles. The molecule has 3 aromatic rings. The van der Waals surface area contributed by atoms with Crippen LogP contribution in [0.15, 0.2) is 72.8 Å². The van der Waals surface area contributed by atoms with Gasteiger partial charge in [-0.25, -0.2) is 18.0 Å². The van der Waals surface area contributed by atoms with Crippen LogP contribution in [-0.2, 0) is 0 Å². The maximum atomic E-state index is 13.9. The third kappa shape index (κ3) is 12.3. The molecular weight excluding hydrogens is 549 g/mol. The smallest absolute Gasteiger partial charge is 0.346 e. The molecule has 0 N–H and O–H groups in total. The molecule has 0 saturated carbocycles. The highest BCUT2D eigenvalue weighted by molar-refractivity contribution is 5.91. The minimum absolute atomic E-state index is 0.161. The lowest BCUT2D eigenvalue weighted by molar-refractivity contribution is 0.0728. The van der Waals surface area contributed by atoms with Crippen molar-refractivity contribution in [1.29, 1.82) is 0 Å². The molecular formula is C37H45F3O3. The molecule has 232 valence electrons. The number of hydrogen-bond donors (Lipinski definition) is 0. The third-order valence-corrected chi connectivity index (χ3v) is 7.43. The predicted octanol–water partition coefficient (Wildman–Crippen LogP) is 11.4. The van der Waals surface area contributed by atoms with Crippen LogP contribution < -0.4 is 9.47 Å². The molecule has 0 heterocycles. The molecule has 0 bridgehead atoms. The summed E-state index contributed by atoms with van der Waals surface area (Å²) in [5, 5.41) is 0. The molecule has 0 spiro atoms. The van der Waals surface area contributed by atoms with Gasteiger partial charge in [0.25, 0.3) is 0 Å². The van der Waals surface area contributed by atoms with Gasteiger partial charge in [-0.2, -0.15) is 0 Å². The normalized spacial score (nSPS) is 11.3. The fraction of sp³-hybridized carbons (Fsp3) is 0.432. The lowest BCUT2D eigenvalue weighted by Crippen LogP contribution is -2.12. The summed E-state index contributed by atoms with van der Waals surface area (Å²) in [4.78, 5) is 12.2. The molecule has 43 heavy (non-hydrogen) atoms. The molecule has 0 radical (unpaired) electrons. The highest BCUT2D eigenvalue weighted by atomic mass is 19.2. The molecule has 3 aromatic carbocycles. The summed E-state index contributed by atoms with van der Waals surface area (Å²) in [6.07, 6.45) is 22.6. The van der Waals surface area contributed by atoms with Crippen molar-refractivity contribution in [1.82, 2.24) is 0 Å². The van der Waals surface area contributed by atoms with Crippen LogP contribution in [0.25, 0.3) is 11.1 Å². The Balaban J connectivity index is 1.26. The zero-order valence-electron chi connectivity index (χ0n) is 25.4. The Morgan fingerprint density at radius 3 is 1.70 bits per heavy atom. The first-order valence-corrected chi connectivity index (χ1v) is 15.8. The monoisotopic (exact) mass is 594 g/mol. The second-order valence-electron chi connectivity index (χ2n) is 10.9. The largest absolute Gasteiger partial charge is 0.494 e. The van der Waals surface area contributed by atoms with E-state index in [9.17, 15) is 18.0 Å². The van der Waals surface area contributed by atoms with Gasteiger partial charge in [0.05, 0.1) is 12.2 Å². The lowest BCUT2D eigenvalue weighted by atomic mass is 10.1. The quantitative estimate of drug-likeness (QED) is 0.0429. The number of benzene rings is 3. The van der Waals surface area contributed by atoms with E-state index in [2.05, 4.69) is 19.1 Å². The predicted molar refractivity (Wildman–Crippen MR) is 168 cm³/mol. The van der Waals surface area contributed by atoms with Gasteiger partial charge in [-0.15, -0.1) is 0 Å². The number of rotatable bonds is 20. The molecule has 0 amide bonds. The Labute approximate surface area is 255 Å². The van der Waals surface area contributed by atoms with Crippen molar-refractivity contribution >= 4 is 5.97 Å². The fourth-order valence-electron chi connectivity index (χ4n) is 4.84. The van der Waals surface area contributed by atoms with Crippen molar-refractivity contribution in [2.75, 3.05) is 6.61 Å². The van der Waals surface area contributed by atoms with Crippen molar-refractivity contribution < 1.29 is 27.4 Å². The molecule has 0 aliphatic carbocycles. The van der Waals surface area contributed by atoms with Crippen LogP contribution in [0.1, 0.15) is 107 Å². The summed E-state index contributed by atoms with van der Waals surface area (Å²) < 4.78 is 51.4. The Bertz CT molecular complexity index is 1250. The zero-order valence-corrected chi connectivity index (χ0v) is 25.4. The Morgan fingerprint density at radius 2 is 1.12 bits per heavy atom. The van der Waals surface area contributed by atoms with Gasteiger partial charge in [0.1, 0.15) is 11.5 Å². The summed E-state index contributed by atoms with van der Waals surface area (Å²) in [6, 6.07) is 15.9. The average Bonchev–Trinajstić information content (AvgIpc) is 3.02.